The van der Waals surface area contributed by atoms with E-state index in [4.69, 9.17) is 11.6 Å². The van der Waals surface area contributed by atoms with E-state index in [0.717, 1.165) is 5.56 Å². The molecule has 0 atom stereocenters. The van der Waals surface area contributed by atoms with Crippen molar-refractivity contribution in [1.82, 2.24) is 14.9 Å². The summed E-state index contributed by atoms with van der Waals surface area (Å²) in [5.41, 5.74) is 0.409. The Balaban J connectivity index is 1.83. The van der Waals surface area contributed by atoms with Crippen LogP contribution in [0.4, 0.5) is 13.2 Å². The summed E-state index contributed by atoms with van der Waals surface area (Å²) in [6.45, 7) is 1.06. The molecule has 0 fully saturated rings. The maximum absolute atomic E-state index is 12.7. The van der Waals surface area contributed by atoms with Crippen molar-refractivity contribution in [2.75, 3.05) is 6.54 Å². The van der Waals surface area contributed by atoms with Crippen molar-refractivity contribution in [2.24, 2.45) is 0 Å². The summed E-state index contributed by atoms with van der Waals surface area (Å²) in [5, 5.41) is 9.75. The summed E-state index contributed by atoms with van der Waals surface area (Å²) in [6.07, 6.45) is -4.43. The fraction of sp³-hybridized carbons (Fsp3) is 0.333. The minimum Gasteiger partial charge on any atom is -0.508 e. The normalized spacial score (nSPS) is 15.3. The van der Waals surface area contributed by atoms with Crippen LogP contribution in [0, 0.1) is 0 Å². The van der Waals surface area contributed by atoms with E-state index in [1.807, 2.05) is 4.90 Å². The summed E-state index contributed by atoms with van der Waals surface area (Å²) in [4.78, 5) is 19.2. The maximum atomic E-state index is 12.7. The molecule has 1 aromatic carbocycles. The highest BCUT2D eigenvalue weighted by atomic mass is 35.5. The minimum absolute atomic E-state index is 0.0491. The Hall–Kier alpha value is -2.06. The second-order valence-electron chi connectivity index (χ2n) is 5.57. The summed E-state index contributed by atoms with van der Waals surface area (Å²) in [7, 11) is 0. The zero-order valence-corrected chi connectivity index (χ0v) is 13.1. The van der Waals surface area contributed by atoms with Gasteiger partial charge >= 0.3 is 6.18 Å². The number of fused-ring (bicyclic) bond motifs is 1. The molecule has 1 aliphatic rings. The van der Waals surface area contributed by atoms with Crippen LogP contribution in [0.1, 0.15) is 22.6 Å². The lowest BCUT2D eigenvalue weighted by Crippen LogP contribution is -2.36. The van der Waals surface area contributed by atoms with Crippen molar-refractivity contribution in [1.29, 1.82) is 0 Å². The van der Waals surface area contributed by atoms with E-state index in [9.17, 15) is 23.1 Å². The standard InChI is InChI=1S/C15H13ClF3N3O2/c16-11-5-9(23)2-1-8(11)6-22-4-3-12-10(7-22)13(24)21-14(20-12)15(17,18)19/h1-2,5,23H,3-4,6-7H2,(H,20,21,24). The van der Waals surface area contributed by atoms with E-state index in [1.54, 1.807) is 11.1 Å². The number of nitrogens with zero attached hydrogens (tertiary/aromatic N) is 2. The number of halogens is 4. The molecule has 0 bridgehead atoms. The van der Waals surface area contributed by atoms with Gasteiger partial charge in [0.1, 0.15) is 5.75 Å². The van der Waals surface area contributed by atoms with Gasteiger partial charge in [-0.3, -0.25) is 9.69 Å². The number of phenols is 1. The Morgan fingerprint density at radius 2 is 2.12 bits per heavy atom. The average molecular weight is 360 g/mol. The zero-order valence-electron chi connectivity index (χ0n) is 12.3. The number of hydrogen-bond acceptors (Lipinski definition) is 4. The molecule has 9 heteroatoms. The zero-order chi connectivity index (χ0) is 17.5. The fourth-order valence-electron chi connectivity index (χ4n) is 2.66. The van der Waals surface area contributed by atoms with Crippen molar-refractivity contribution in [3.63, 3.8) is 0 Å². The third-order valence-electron chi connectivity index (χ3n) is 3.85. The van der Waals surface area contributed by atoms with Gasteiger partial charge in [-0.15, -0.1) is 0 Å². The third-order valence-corrected chi connectivity index (χ3v) is 4.20. The van der Waals surface area contributed by atoms with Crippen molar-refractivity contribution in [3.05, 3.63) is 56.2 Å². The molecule has 24 heavy (non-hydrogen) atoms. The van der Waals surface area contributed by atoms with Gasteiger partial charge in [0.05, 0.1) is 11.3 Å². The van der Waals surface area contributed by atoms with Crippen molar-refractivity contribution >= 4 is 11.6 Å². The highest BCUT2D eigenvalue weighted by Gasteiger charge is 2.35. The van der Waals surface area contributed by atoms with Gasteiger partial charge in [-0.1, -0.05) is 17.7 Å². The smallest absolute Gasteiger partial charge is 0.449 e. The number of phenolic OH excluding ortho intramolecular Hbond substituents is 1. The lowest BCUT2D eigenvalue weighted by Gasteiger charge is -2.28. The number of aromatic hydroxyl groups is 1. The van der Waals surface area contributed by atoms with Crippen LogP contribution in [-0.2, 0) is 25.7 Å². The number of nitrogens with one attached hydrogen (secondary N) is 1. The van der Waals surface area contributed by atoms with Crippen LogP contribution in [0.25, 0.3) is 0 Å². The van der Waals surface area contributed by atoms with Crippen molar-refractivity contribution in [3.8, 4) is 5.75 Å². The van der Waals surface area contributed by atoms with Gasteiger partial charge in [0.15, 0.2) is 0 Å². The van der Waals surface area contributed by atoms with Crippen LogP contribution >= 0.6 is 11.6 Å². The van der Waals surface area contributed by atoms with E-state index in [0.29, 0.717) is 18.1 Å². The molecule has 128 valence electrons. The quantitative estimate of drug-likeness (QED) is 0.865. The van der Waals surface area contributed by atoms with E-state index in [1.165, 1.54) is 12.1 Å². The Labute approximate surface area is 139 Å². The number of hydrogen-bond donors (Lipinski definition) is 2. The molecule has 2 N–H and O–H groups in total. The molecule has 1 aliphatic heterocycles. The van der Waals surface area contributed by atoms with Crippen LogP contribution in [0.5, 0.6) is 5.75 Å². The van der Waals surface area contributed by atoms with Crippen LogP contribution in [-0.4, -0.2) is 26.5 Å². The van der Waals surface area contributed by atoms with Crippen LogP contribution in [0.2, 0.25) is 5.02 Å². The number of aromatic amines is 1. The Kier molecular flexibility index (Phi) is 4.27. The number of alkyl halides is 3. The maximum Gasteiger partial charge on any atom is 0.449 e. The highest BCUT2D eigenvalue weighted by Crippen LogP contribution is 2.28. The van der Waals surface area contributed by atoms with Gasteiger partial charge in [0.25, 0.3) is 5.56 Å². The molecule has 0 saturated heterocycles. The van der Waals surface area contributed by atoms with Gasteiger partial charge in [0.2, 0.25) is 5.82 Å². The van der Waals surface area contributed by atoms with E-state index >= 15 is 0 Å². The van der Waals surface area contributed by atoms with E-state index in [-0.39, 0.29) is 30.0 Å². The van der Waals surface area contributed by atoms with E-state index < -0.39 is 17.6 Å². The first kappa shape index (κ1) is 16.8. The van der Waals surface area contributed by atoms with Gasteiger partial charge in [-0.05, 0) is 17.7 Å². The molecule has 0 unspecified atom stereocenters. The molecular formula is C15H13ClF3N3O2. The van der Waals surface area contributed by atoms with Crippen LogP contribution < -0.4 is 5.56 Å². The molecule has 2 aromatic rings. The summed E-state index contributed by atoms with van der Waals surface area (Å²) >= 11 is 6.06. The van der Waals surface area contributed by atoms with Crippen LogP contribution in [0.3, 0.4) is 0 Å². The summed E-state index contributed by atoms with van der Waals surface area (Å²) in [6, 6.07) is 4.59. The molecule has 0 saturated carbocycles. The van der Waals surface area contributed by atoms with Crippen molar-refractivity contribution < 1.29 is 18.3 Å². The van der Waals surface area contributed by atoms with Crippen molar-refractivity contribution in [2.45, 2.75) is 25.7 Å². The Morgan fingerprint density at radius 1 is 1.38 bits per heavy atom. The van der Waals surface area contributed by atoms with Gasteiger partial charge in [0, 0.05) is 31.1 Å². The summed E-state index contributed by atoms with van der Waals surface area (Å²) < 4.78 is 38.1. The monoisotopic (exact) mass is 359 g/mol. The number of H-pyrrole nitrogens is 1. The van der Waals surface area contributed by atoms with Crippen LogP contribution in [0.15, 0.2) is 23.0 Å². The predicted molar refractivity (Wildman–Crippen MR) is 80.8 cm³/mol. The average Bonchev–Trinajstić information content (AvgIpc) is 2.49. The first-order valence-electron chi connectivity index (χ1n) is 7.13. The Bertz CT molecular complexity index is 836. The lowest BCUT2D eigenvalue weighted by molar-refractivity contribution is -0.145. The first-order valence-corrected chi connectivity index (χ1v) is 7.51. The SMILES string of the molecule is O=c1[nH]c(C(F)(F)F)nc2c1CN(Cc1ccc(O)cc1Cl)CC2. The Morgan fingerprint density at radius 3 is 2.79 bits per heavy atom. The van der Waals surface area contributed by atoms with Gasteiger partial charge in [-0.25, -0.2) is 4.98 Å². The number of rotatable bonds is 2. The minimum atomic E-state index is -4.68. The molecule has 2 heterocycles. The number of aromatic nitrogens is 2. The fourth-order valence-corrected chi connectivity index (χ4v) is 2.89. The molecule has 0 aliphatic carbocycles. The molecule has 3 rings (SSSR count). The second-order valence-corrected chi connectivity index (χ2v) is 5.98. The molecule has 0 spiro atoms. The topological polar surface area (TPSA) is 69.2 Å². The third kappa shape index (κ3) is 3.39. The second kappa shape index (κ2) is 6.10. The highest BCUT2D eigenvalue weighted by molar-refractivity contribution is 6.31. The first-order chi connectivity index (χ1) is 11.2. The molecule has 5 nitrogen and oxygen atoms in total. The van der Waals surface area contributed by atoms with Gasteiger partial charge in [-0.2, -0.15) is 13.2 Å². The number of benzene rings is 1. The summed E-state index contributed by atoms with van der Waals surface area (Å²) in [5.74, 6) is -1.21. The molecule has 0 radical (unpaired) electrons. The largest absolute Gasteiger partial charge is 0.508 e. The molecule has 0 amide bonds. The predicted octanol–water partition coefficient (Wildman–Crippen LogP) is 2.71. The van der Waals surface area contributed by atoms with E-state index in [2.05, 4.69) is 4.98 Å². The lowest BCUT2D eigenvalue weighted by atomic mass is 10.1. The molecular weight excluding hydrogens is 347 g/mol. The van der Waals surface area contributed by atoms with Gasteiger partial charge < -0.3 is 10.1 Å². The molecule has 1 aromatic heterocycles.